The van der Waals surface area contributed by atoms with E-state index in [1.807, 2.05) is 31.2 Å². The number of carbonyl (C=O) groups is 1. The smallest absolute Gasteiger partial charge is 0.316 e. The molecule has 0 unspecified atom stereocenters. The number of esters is 1. The van der Waals surface area contributed by atoms with Crippen molar-refractivity contribution in [3.63, 3.8) is 0 Å². The highest BCUT2D eigenvalue weighted by molar-refractivity contribution is 7.99. The summed E-state index contributed by atoms with van der Waals surface area (Å²) in [6.07, 6.45) is 0. The summed E-state index contributed by atoms with van der Waals surface area (Å²) < 4.78 is 23.3. The maximum atomic E-state index is 14.6. The van der Waals surface area contributed by atoms with E-state index >= 15 is 0 Å². The van der Waals surface area contributed by atoms with Crippen molar-refractivity contribution in [2.75, 3.05) is 12.4 Å². The number of benzene rings is 2. The SMILES string of the molecule is CCOC(=O)CSc1nc2c(sc(=S)n2-c2ccccc2C)c(=O)n1-c1ccccc1F. The van der Waals surface area contributed by atoms with E-state index in [0.717, 1.165) is 34.3 Å². The van der Waals surface area contributed by atoms with Gasteiger partial charge in [-0.25, -0.2) is 9.37 Å². The lowest BCUT2D eigenvalue weighted by Gasteiger charge is -2.14. The lowest BCUT2D eigenvalue weighted by atomic mass is 10.2. The molecular weight excluding hydrogens is 469 g/mol. The van der Waals surface area contributed by atoms with E-state index in [1.54, 1.807) is 23.6 Å². The third kappa shape index (κ3) is 4.13. The van der Waals surface area contributed by atoms with Crippen LogP contribution in [0.5, 0.6) is 0 Å². The molecule has 0 atom stereocenters. The molecule has 2 aromatic carbocycles. The first-order valence-electron chi connectivity index (χ1n) is 9.70. The van der Waals surface area contributed by atoms with Gasteiger partial charge in [-0.1, -0.05) is 53.4 Å². The molecule has 0 aliphatic rings. The zero-order chi connectivity index (χ0) is 22.8. The number of aromatic nitrogens is 3. The normalized spacial score (nSPS) is 11.1. The topological polar surface area (TPSA) is 66.1 Å². The molecule has 0 aliphatic carbocycles. The van der Waals surface area contributed by atoms with Crippen molar-refractivity contribution in [3.8, 4) is 11.4 Å². The number of rotatable bonds is 6. The fourth-order valence-corrected chi connectivity index (χ4v) is 5.31. The van der Waals surface area contributed by atoms with Crippen LogP contribution in [-0.4, -0.2) is 32.4 Å². The van der Waals surface area contributed by atoms with Crippen molar-refractivity contribution in [1.82, 2.24) is 14.1 Å². The van der Waals surface area contributed by atoms with Gasteiger partial charge in [-0.3, -0.25) is 18.7 Å². The number of thiazole rings is 1. The van der Waals surface area contributed by atoms with Gasteiger partial charge in [0.2, 0.25) is 0 Å². The minimum absolute atomic E-state index is 0.0556. The second kappa shape index (κ2) is 9.35. The maximum Gasteiger partial charge on any atom is 0.316 e. The number of halogens is 1. The van der Waals surface area contributed by atoms with Crippen LogP contribution in [0.2, 0.25) is 0 Å². The van der Waals surface area contributed by atoms with Gasteiger partial charge in [-0.2, -0.15) is 0 Å². The average Bonchev–Trinajstić information content (AvgIpc) is 3.10. The minimum atomic E-state index is -0.573. The number of thioether (sulfide) groups is 1. The Morgan fingerprint density at radius 1 is 1.16 bits per heavy atom. The Morgan fingerprint density at radius 2 is 1.84 bits per heavy atom. The summed E-state index contributed by atoms with van der Waals surface area (Å²) in [5, 5.41) is 0.177. The highest BCUT2D eigenvalue weighted by Crippen LogP contribution is 2.29. The molecule has 0 amide bonds. The van der Waals surface area contributed by atoms with Crippen LogP contribution in [0.1, 0.15) is 12.5 Å². The number of aryl methyl sites for hydroxylation is 1. The number of carbonyl (C=O) groups excluding carboxylic acids is 1. The molecule has 2 heterocycles. The number of para-hydroxylation sites is 2. The van der Waals surface area contributed by atoms with Gasteiger partial charge in [-0.15, -0.1) is 0 Å². The van der Waals surface area contributed by atoms with Crippen molar-refractivity contribution in [2.45, 2.75) is 19.0 Å². The predicted octanol–water partition coefficient (Wildman–Crippen LogP) is 5.07. The van der Waals surface area contributed by atoms with E-state index in [0.29, 0.717) is 14.3 Å². The number of ether oxygens (including phenoxy) is 1. The molecule has 10 heteroatoms. The highest BCUT2D eigenvalue weighted by atomic mass is 32.2. The molecule has 0 saturated heterocycles. The molecule has 0 aliphatic heterocycles. The third-order valence-electron chi connectivity index (χ3n) is 4.65. The third-order valence-corrected chi connectivity index (χ3v) is 6.91. The van der Waals surface area contributed by atoms with Gasteiger partial charge >= 0.3 is 5.97 Å². The second-order valence-electron chi connectivity index (χ2n) is 6.72. The fourth-order valence-electron chi connectivity index (χ4n) is 3.23. The van der Waals surface area contributed by atoms with Gasteiger partial charge < -0.3 is 4.74 Å². The van der Waals surface area contributed by atoms with E-state index < -0.39 is 17.3 Å². The van der Waals surface area contributed by atoms with Gasteiger partial charge in [-0.05, 0) is 49.8 Å². The minimum Gasteiger partial charge on any atom is -0.465 e. The van der Waals surface area contributed by atoms with E-state index in [9.17, 15) is 14.0 Å². The van der Waals surface area contributed by atoms with Crippen LogP contribution in [0.15, 0.2) is 58.5 Å². The van der Waals surface area contributed by atoms with Crippen molar-refractivity contribution >= 4 is 51.6 Å². The first kappa shape index (κ1) is 22.4. The molecule has 0 saturated carbocycles. The summed E-state index contributed by atoms with van der Waals surface area (Å²) in [7, 11) is 0. The summed E-state index contributed by atoms with van der Waals surface area (Å²) >= 11 is 7.70. The number of fused-ring (bicyclic) bond motifs is 1. The molecule has 0 spiro atoms. The molecule has 0 N–H and O–H groups in total. The van der Waals surface area contributed by atoms with Crippen molar-refractivity contribution in [2.24, 2.45) is 0 Å². The summed E-state index contributed by atoms with van der Waals surface area (Å²) in [6, 6.07) is 13.6. The molecule has 0 radical (unpaired) electrons. The molecule has 6 nitrogen and oxygen atoms in total. The lowest BCUT2D eigenvalue weighted by molar-refractivity contribution is -0.139. The summed E-state index contributed by atoms with van der Waals surface area (Å²) in [4.78, 5) is 30.2. The highest BCUT2D eigenvalue weighted by Gasteiger charge is 2.21. The van der Waals surface area contributed by atoms with E-state index in [1.165, 1.54) is 16.7 Å². The molecule has 4 aromatic rings. The van der Waals surface area contributed by atoms with Crippen LogP contribution in [0.3, 0.4) is 0 Å². The zero-order valence-electron chi connectivity index (χ0n) is 17.2. The first-order chi connectivity index (χ1) is 15.4. The van der Waals surface area contributed by atoms with E-state index in [-0.39, 0.29) is 23.2 Å². The molecule has 4 rings (SSSR count). The summed E-state index contributed by atoms with van der Waals surface area (Å²) in [5.74, 6) is -1.10. The monoisotopic (exact) mass is 487 g/mol. The Labute approximate surface area is 196 Å². The fraction of sp³-hybridized carbons (Fsp3) is 0.182. The van der Waals surface area contributed by atoms with E-state index in [4.69, 9.17) is 17.0 Å². The van der Waals surface area contributed by atoms with Crippen molar-refractivity contribution < 1.29 is 13.9 Å². The van der Waals surface area contributed by atoms with Gasteiger partial charge in [0.05, 0.1) is 23.7 Å². The quantitative estimate of drug-likeness (QED) is 0.164. The number of nitrogens with zero attached hydrogens (tertiary/aromatic N) is 3. The molecule has 32 heavy (non-hydrogen) atoms. The Bertz CT molecular complexity index is 1440. The standard InChI is InChI=1S/C22H18FN3O3S3/c1-3-29-17(27)12-31-21-24-19-18(20(28)26(21)16-11-7-5-9-14(16)23)32-22(30)25(19)15-10-6-4-8-13(15)2/h4-11H,3,12H2,1-2H3. The molecule has 164 valence electrons. The maximum absolute atomic E-state index is 14.6. The first-order valence-corrected chi connectivity index (χ1v) is 11.9. The van der Waals surface area contributed by atoms with Gasteiger partial charge in [0.15, 0.2) is 14.8 Å². The Kier molecular flexibility index (Phi) is 6.54. The molecule has 0 bridgehead atoms. The largest absolute Gasteiger partial charge is 0.465 e. The van der Waals surface area contributed by atoms with Gasteiger partial charge in [0.25, 0.3) is 5.56 Å². The van der Waals surface area contributed by atoms with Crippen molar-refractivity contribution in [3.05, 3.63) is 74.2 Å². The Morgan fingerprint density at radius 3 is 2.53 bits per heavy atom. The van der Waals surface area contributed by atoms with Crippen LogP contribution < -0.4 is 5.56 Å². The summed E-state index contributed by atoms with van der Waals surface area (Å²) in [5.41, 5.74) is 1.75. The molecule has 2 aromatic heterocycles. The van der Waals surface area contributed by atoms with Crippen LogP contribution in [-0.2, 0) is 9.53 Å². The van der Waals surface area contributed by atoms with E-state index in [2.05, 4.69) is 4.98 Å². The van der Waals surface area contributed by atoms with Crippen LogP contribution in [0, 0.1) is 16.7 Å². The van der Waals surface area contributed by atoms with Crippen LogP contribution in [0.25, 0.3) is 21.7 Å². The Balaban J connectivity index is 2.00. The zero-order valence-corrected chi connectivity index (χ0v) is 19.7. The average molecular weight is 488 g/mol. The predicted molar refractivity (Wildman–Crippen MR) is 127 cm³/mol. The lowest BCUT2D eigenvalue weighted by Crippen LogP contribution is -2.23. The van der Waals surface area contributed by atoms with Crippen molar-refractivity contribution in [1.29, 1.82) is 0 Å². The molecular formula is C22H18FN3O3S3. The number of hydrogen-bond acceptors (Lipinski definition) is 7. The Hall–Kier alpha value is -2.82. The van der Waals surface area contributed by atoms with Gasteiger partial charge in [0.1, 0.15) is 10.5 Å². The summed E-state index contributed by atoms with van der Waals surface area (Å²) in [6.45, 7) is 3.89. The van der Waals surface area contributed by atoms with Crippen LogP contribution >= 0.6 is 35.3 Å². The van der Waals surface area contributed by atoms with Gasteiger partial charge in [0, 0.05) is 0 Å². The second-order valence-corrected chi connectivity index (χ2v) is 9.31. The molecule has 0 fully saturated rings. The van der Waals surface area contributed by atoms with Crippen LogP contribution in [0.4, 0.5) is 4.39 Å². The number of hydrogen-bond donors (Lipinski definition) is 0.